The quantitative estimate of drug-likeness (QED) is 0.475. The van der Waals surface area contributed by atoms with Crippen LogP contribution in [-0.4, -0.2) is 12.1 Å². The van der Waals surface area contributed by atoms with Gasteiger partial charge in [0, 0.05) is 0 Å². The van der Waals surface area contributed by atoms with Crippen molar-refractivity contribution in [3.05, 3.63) is 0 Å². The fraction of sp³-hybridized carbons (Fsp3) is 0.750. The lowest BCUT2D eigenvalue weighted by molar-refractivity contribution is 0.164. The number of nitrogens with zero attached hydrogens (tertiary/aromatic N) is 1. The van der Waals surface area contributed by atoms with Crippen LogP contribution < -0.4 is 5.32 Å². The molecule has 0 aliphatic rings. The van der Waals surface area contributed by atoms with Gasteiger partial charge in [-0.2, -0.15) is 0 Å². The fourth-order valence-corrected chi connectivity index (χ4v) is 0.211. The molecule has 0 unspecified atom stereocenters. The maximum Gasteiger partial charge on any atom is 0.471 e. The average molecular weight is 101 g/mol. The summed E-state index contributed by atoms with van der Waals surface area (Å²) in [6, 6.07) is -0.162. The largest absolute Gasteiger partial charge is 0.471 e. The minimum Gasteiger partial charge on any atom is -0.218 e. The predicted octanol–water partition coefficient (Wildman–Crippen LogP) is 0.550. The van der Waals surface area contributed by atoms with Gasteiger partial charge in [0.05, 0.1) is 6.04 Å². The maximum absolute atomic E-state index is 9.53. The third-order valence-corrected chi connectivity index (χ3v) is 0.364. The minimum absolute atomic E-state index is 0.162. The van der Waals surface area contributed by atoms with Crippen LogP contribution >= 0.6 is 0 Å². The van der Waals surface area contributed by atoms with E-state index in [2.05, 4.69) is 5.32 Å². The Kier molecular flexibility index (Phi) is 2.19. The highest BCUT2D eigenvalue weighted by atomic mass is 16.4. The Labute approximate surface area is 42.3 Å². The van der Waals surface area contributed by atoms with Gasteiger partial charge >= 0.3 is 6.09 Å². The van der Waals surface area contributed by atoms with Crippen molar-refractivity contribution >= 4 is 6.09 Å². The van der Waals surface area contributed by atoms with Crippen molar-refractivity contribution in [2.75, 3.05) is 0 Å². The molecule has 0 saturated heterocycles. The molecule has 0 N–H and O–H groups in total. The van der Waals surface area contributed by atoms with Gasteiger partial charge in [-0.15, -0.1) is 0 Å². The Hall–Kier alpha value is -0.730. The zero-order valence-electron chi connectivity index (χ0n) is 4.34. The Morgan fingerprint density at radius 2 is 2.00 bits per heavy atom. The first-order valence-corrected chi connectivity index (χ1v) is 2.04. The van der Waals surface area contributed by atoms with Crippen LogP contribution in [-0.2, 0) is 5.11 Å². The van der Waals surface area contributed by atoms with E-state index in [1.165, 1.54) is 0 Å². The molecule has 2 radical (unpaired) electrons. The van der Waals surface area contributed by atoms with Gasteiger partial charge in [-0.3, -0.25) is 0 Å². The van der Waals surface area contributed by atoms with Crippen molar-refractivity contribution in [3.63, 3.8) is 0 Å². The highest BCUT2D eigenvalue weighted by molar-refractivity contribution is 5.63. The molecule has 1 amide bonds. The number of hydrogen-bond acceptors (Lipinski definition) is 1. The van der Waals surface area contributed by atoms with Gasteiger partial charge in [0.15, 0.2) is 0 Å². The van der Waals surface area contributed by atoms with Crippen molar-refractivity contribution in [1.29, 1.82) is 0 Å². The lowest BCUT2D eigenvalue weighted by Crippen LogP contribution is -2.18. The standard InChI is InChI=1S/C4H7NO2/c1-3(2)5-4(6)7/h3H,1-2H3. The van der Waals surface area contributed by atoms with Gasteiger partial charge in [-0.1, -0.05) is 0 Å². The van der Waals surface area contributed by atoms with Crippen molar-refractivity contribution in [3.8, 4) is 0 Å². The maximum atomic E-state index is 9.53. The molecular formula is C4H7NO2. The topological polar surface area (TPSA) is 51.1 Å². The number of amides is 1. The highest BCUT2D eigenvalue weighted by Crippen LogP contribution is 1.77. The average Bonchev–Trinajstić information content (AvgIpc) is 1.27. The highest BCUT2D eigenvalue weighted by Gasteiger charge is 2.00. The molecule has 40 valence electrons. The van der Waals surface area contributed by atoms with E-state index in [0.717, 1.165) is 0 Å². The summed E-state index contributed by atoms with van der Waals surface area (Å²) in [6.07, 6.45) is -1.34. The molecule has 0 spiro atoms. The van der Waals surface area contributed by atoms with Crippen LogP contribution in [0.2, 0.25) is 0 Å². The van der Waals surface area contributed by atoms with E-state index in [9.17, 15) is 9.90 Å². The zero-order valence-corrected chi connectivity index (χ0v) is 4.34. The van der Waals surface area contributed by atoms with Gasteiger partial charge in [0.1, 0.15) is 0 Å². The first kappa shape index (κ1) is 6.27. The van der Waals surface area contributed by atoms with Crippen LogP contribution in [0.1, 0.15) is 13.8 Å². The number of carbonyl (C=O) groups is 1. The van der Waals surface area contributed by atoms with Gasteiger partial charge in [-0.25, -0.2) is 15.2 Å². The summed E-state index contributed by atoms with van der Waals surface area (Å²) in [4.78, 5) is 9.53. The van der Waals surface area contributed by atoms with E-state index in [-0.39, 0.29) is 6.04 Å². The minimum atomic E-state index is -1.34. The molecule has 0 aromatic carbocycles. The van der Waals surface area contributed by atoms with E-state index in [4.69, 9.17) is 0 Å². The van der Waals surface area contributed by atoms with Gasteiger partial charge in [0.25, 0.3) is 0 Å². The molecule has 0 atom stereocenters. The molecule has 0 aromatic rings. The summed E-state index contributed by atoms with van der Waals surface area (Å²) in [5, 5.41) is 12.6. The van der Waals surface area contributed by atoms with E-state index >= 15 is 0 Å². The van der Waals surface area contributed by atoms with Gasteiger partial charge < -0.3 is 0 Å². The van der Waals surface area contributed by atoms with Crippen LogP contribution in [0.5, 0.6) is 0 Å². The van der Waals surface area contributed by atoms with Crippen molar-refractivity contribution in [1.82, 2.24) is 5.32 Å². The monoisotopic (exact) mass is 101 g/mol. The van der Waals surface area contributed by atoms with E-state index in [0.29, 0.717) is 0 Å². The smallest absolute Gasteiger partial charge is 0.218 e. The molecule has 3 nitrogen and oxygen atoms in total. The summed E-state index contributed by atoms with van der Waals surface area (Å²) >= 11 is 0. The van der Waals surface area contributed by atoms with Crippen LogP contribution in [0.15, 0.2) is 0 Å². The lowest BCUT2D eigenvalue weighted by Gasteiger charge is -1.93. The van der Waals surface area contributed by atoms with Crippen LogP contribution in [0.25, 0.3) is 0 Å². The normalized spacial score (nSPS) is 9.00. The number of rotatable bonds is 1. The van der Waals surface area contributed by atoms with Crippen molar-refractivity contribution in [2.45, 2.75) is 19.9 Å². The van der Waals surface area contributed by atoms with Crippen LogP contribution in [0.4, 0.5) is 4.79 Å². The molecule has 0 heterocycles. The predicted molar refractivity (Wildman–Crippen MR) is 23.4 cm³/mol. The first-order valence-electron chi connectivity index (χ1n) is 2.04. The summed E-state index contributed by atoms with van der Waals surface area (Å²) < 4.78 is 0. The van der Waals surface area contributed by atoms with E-state index in [1.54, 1.807) is 13.8 Å². The molecular weight excluding hydrogens is 94.0 g/mol. The molecule has 3 heteroatoms. The zero-order chi connectivity index (χ0) is 5.86. The summed E-state index contributed by atoms with van der Waals surface area (Å²) in [7, 11) is 0. The SMILES string of the molecule is CC(C)[N]C([O])=O. The third kappa shape index (κ3) is 5.27. The van der Waals surface area contributed by atoms with Crippen LogP contribution in [0, 0.1) is 0 Å². The van der Waals surface area contributed by atoms with Crippen molar-refractivity contribution in [2.24, 2.45) is 0 Å². The van der Waals surface area contributed by atoms with Gasteiger partial charge in [-0.05, 0) is 13.8 Å². The molecule has 0 aromatic heterocycles. The second kappa shape index (κ2) is 2.44. The summed E-state index contributed by atoms with van der Waals surface area (Å²) in [5.41, 5.74) is 0. The fourth-order valence-electron chi connectivity index (χ4n) is 0.211. The Bertz CT molecular complexity index is 70.1. The Morgan fingerprint density at radius 3 is 2.00 bits per heavy atom. The van der Waals surface area contributed by atoms with Crippen LogP contribution in [0.3, 0.4) is 0 Å². The summed E-state index contributed by atoms with van der Waals surface area (Å²) in [5.74, 6) is 0. The van der Waals surface area contributed by atoms with Gasteiger partial charge in [0.2, 0.25) is 0 Å². The molecule has 7 heavy (non-hydrogen) atoms. The first-order chi connectivity index (χ1) is 3.13. The molecule has 0 rings (SSSR count). The molecule has 0 saturated carbocycles. The molecule has 0 fully saturated rings. The summed E-state index contributed by atoms with van der Waals surface area (Å²) in [6.45, 7) is 3.35. The Balaban J connectivity index is 3.13. The third-order valence-electron chi connectivity index (χ3n) is 0.364. The van der Waals surface area contributed by atoms with Crippen molar-refractivity contribution < 1.29 is 9.90 Å². The lowest BCUT2D eigenvalue weighted by atomic mass is 10.4. The second-order valence-corrected chi connectivity index (χ2v) is 1.49. The molecule has 0 aliphatic heterocycles. The molecule has 0 aliphatic carbocycles. The molecule has 0 bridgehead atoms. The number of carbonyl (C=O) groups excluding carboxylic acids is 1. The Morgan fingerprint density at radius 1 is 1.57 bits per heavy atom. The number of hydrogen-bond donors (Lipinski definition) is 0. The second-order valence-electron chi connectivity index (χ2n) is 1.49. The van der Waals surface area contributed by atoms with E-state index in [1.807, 2.05) is 0 Å². The van der Waals surface area contributed by atoms with E-state index < -0.39 is 6.09 Å².